The number of nitrogens with zero attached hydrogens (tertiary/aromatic N) is 1. The third-order valence-corrected chi connectivity index (χ3v) is 2.28. The number of halogens is 2. The maximum absolute atomic E-state index is 12.9. The minimum absolute atomic E-state index is 0.138. The first-order valence-electron chi connectivity index (χ1n) is 3.82. The van der Waals surface area contributed by atoms with Gasteiger partial charge < -0.3 is 4.74 Å². The summed E-state index contributed by atoms with van der Waals surface area (Å²) in [6, 6.07) is 1.94. The second-order valence-corrected chi connectivity index (χ2v) is 3.22. The van der Waals surface area contributed by atoms with Crippen LogP contribution in [0.4, 0.5) is 10.1 Å². The van der Waals surface area contributed by atoms with Gasteiger partial charge in [-0.3, -0.25) is 10.1 Å². The van der Waals surface area contributed by atoms with Gasteiger partial charge in [0, 0.05) is 6.07 Å². The number of rotatable bonds is 3. The molecule has 14 heavy (non-hydrogen) atoms. The molecule has 0 bridgehead atoms. The van der Waals surface area contributed by atoms with Crippen LogP contribution in [0.5, 0.6) is 5.75 Å². The quantitative estimate of drug-likeness (QED) is 0.623. The molecule has 0 N–H and O–H groups in total. The molecule has 0 aliphatic rings. The van der Waals surface area contributed by atoms with Gasteiger partial charge >= 0.3 is 0 Å². The van der Waals surface area contributed by atoms with Gasteiger partial charge in [-0.25, -0.2) is 4.39 Å². The number of ether oxygens (including phenoxy) is 1. The van der Waals surface area contributed by atoms with E-state index in [1.807, 2.05) is 0 Å². The van der Waals surface area contributed by atoms with Crippen LogP contribution in [0.1, 0.15) is 6.92 Å². The van der Waals surface area contributed by atoms with E-state index in [1.54, 1.807) is 6.92 Å². The van der Waals surface area contributed by atoms with Gasteiger partial charge in [0.15, 0.2) is 0 Å². The molecule has 4 nitrogen and oxygen atoms in total. The van der Waals surface area contributed by atoms with E-state index in [0.29, 0.717) is 6.61 Å². The Labute approximate surface area is 88.0 Å². The SMILES string of the molecule is CCOc1cc(F)cc([N+](=O)[O-])c1Br. The van der Waals surface area contributed by atoms with Gasteiger partial charge in [-0.2, -0.15) is 0 Å². The van der Waals surface area contributed by atoms with Gasteiger partial charge in [0.05, 0.1) is 17.6 Å². The second-order valence-electron chi connectivity index (χ2n) is 2.43. The summed E-state index contributed by atoms with van der Waals surface area (Å²) in [4.78, 5) is 9.81. The summed E-state index contributed by atoms with van der Waals surface area (Å²) in [6.45, 7) is 2.03. The van der Waals surface area contributed by atoms with Crippen molar-refractivity contribution in [3.05, 3.63) is 32.5 Å². The topological polar surface area (TPSA) is 52.4 Å². The summed E-state index contributed by atoms with van der Waals surface area (Å²) in [5.74, 6) is -0.553. The molecule has 0 atom stereocenters. The lowest BCUT2D eigenvalue weighted by Gasteiger charge is -2.05. The third kappa shape index (κ3) is 2.20. The fraction of sp³-hybridized carbons (Fsp3) is 0.250. The first-order valence-corrected chi connectivity index (χ1v) is 4.61. The highest BCUT2D eigenvalue weighted by Crippen LogP contribution is 2.34. The number of benzene rings is 1. The summed E-state index contributed by atoms with van der Waals surface area (Å²) >= 11 is 2.98. The van der Waals surface area contributed by atoms with Crippen molar-refractivity contribution in [1.29, 1.82) is 0 Å². The molecule has 1 aromatic carbocycles. The van der Waals surface area contributed by atoms with Crippen molar-refractivity contribution < 1.29 is 14.1 Å². The zero-order chi connectivity index (χ0) is 10.7. The summed E-state index contributed by atoms with van der Waals surface area (Å²) in [5.41, 5.74) is -0.339. The highest BCUT2D eigenvalue weighted by atomic mass is 79.9. The van der Waals surface area contributed by atoms with E-state index < -0.39 is 10.7 Å². The maximum atomic E-state index is 12.9. The molecule has 0 aromatic heterocycles. The second kappa shape index (κ2) is 4.36. The number of hydrogen-bond donors (Lipinski definition) is 0. The zero-order valence-corrected chi connectivity index (χ0v) is 8.88. The minimum Gasteiger partial charge on any atom is -0.492 e. The molecule has 0 saturated carbocycles. The van der Waals surface area contributed by atoms with Gasteiger partial charge in [0.2, 0.25) is 0 Å². The molecule has 76 valence electrons. The number of nitro benzene ring substituents is 1. The summed E-state index contributed by atoms with van der Waals surface area (Å²) in [7, 11) is 0. The van der Waals surface area contributed by atoms with Crippen LogP contribution in [0.15, 0.2) is 16.6 Å². The summed E-state index contributed by atoms with van der Waals surface area (Å²) in [5, 5.41) is 10.5. The van der Waals surface area contributed by atoms with Crippen LogP contribution >= 0.6 is 15.9 Å². The normalized spacial score (nSPS) is 9.93. The summed E-state index contributed by atoms with van der Waals surface area (Å²) < 4.78 is 18.1. The fourth-order valence-electron chi connectivity index (χ4n) is 0.944. The van der Waals surface area contributed by atoms with Crippen molar-refractivity contribution in [2.75, 3.05) is 6.61 Å². The Morgan fingerprint density at radius 1 is 1.64 bits per heavy atom. The molecule has 0 aliphatic heterocycles. The van der Waals surface area contributed by atoms with E-state index in [0.717, 1.165) is 12.1 Å². The lowest BCUT2D eigenvalue weighted by molar-refractivity contribution is -0.385. The lowest BCUT2D eigenvalue weighted by atomic mass is 10.3. The van der Waals surface area contributed by atoms with Crippen LogP contribution in [0.25, 0.3) is 0 Å². The monoisotopic (exact) mass is 263 g/mol. The lowest BCUT2D eigenvalue weighted by Crippen LogP contribution is -1.97. The Morgan fingerprint density at radius 3 is 2.79 bits per heavy atom. The fourth-order valence-corrected chi connectivity index (χ4v) is 1.43. The molecule has 0 fully saturated rings. The van der Waals surface area contributed by atoms with Crippen molar-refractivity contribution in [3.8, 4) is 5.75 Å². The van der Waals surface area contributed by atoms with Gasteiger partial charge in [-0.1, -0.05) is 0 Å². The van der Waals surface area contributed by atoms with Gasteiger partial charge in [0.1, 0.15) is 16.0 Å². The van der Waals surface area contributed by atoms with E-state index in [-0.39, 0.29) is 15.9 Å². The molecule has 1 aromatic rings. The minimum atomic E-state index is -0.691. The number of hydrogen-bond acceptors (Lipinski definition) is 3. The Bertz CT molecular complexity index is 370. The molecule has 0 unspecified atom stereocenters. The van der Waals surface area contributed by atoms with Gasteiger partial charge in [0.25, 0.3) is 5.69 Å². The predicted molar refractivity (Wildman–Crippen MR) is 51.9 cm³/mol. The van der Waals surface area contributed by atoms with E-state index >= 15 is 0 Å². The van der Waals surface area contributed by atoms with Crippen molar-refractivity contribution in [2.45, 2.75) is 6.92 Å². The molecule has 1 rings (SSSR count). The molecule has 0 spiro atoms. The molecule has 0 amide bonds. The zero-order valence-electron chi connectivity index (χ0n) is 7.29. The highest BCUT2D eigenvalue weighted by Gasteiger charge is 2.18. The average molecular weight is 264 g/mol. The van der Waals surface area contributed by atoms with Gasteiger partial charge in [-0.15, -0.1) is 0 Å². The molecule has 0 saturated heterocycles. The standard InChI is InChI=1S/C8H7BrFNO3/c1-2-14-7-4-5(10)3-6(8(7)9)11(12)13/h3-4H,2H2,1H3. The van der Waals surface area contributed by atoms with Gasteiger partial charge in [-0.05, 0) is 22.9 Å². The largest absolute Gasteiger partial charge is 0.492 e. The van der Waals surface area contributed by atoms with Crippen molar-refractivity contribution in [1.82, 2.24) is 0 Å². The average Bonchev–Trinajstić information content (AvgIpc) is 2.10. The van der Waals surface area contributed by atoms with Crippen LogP contribution < -0.4 is 4.74 Å². The van der Waals surface area contributed by atoms with Crippen LogP contribution in [0.2, 0.25) is 0 Å². The van der Waals surface area contributed by atoms with E-state index in [4.69, 9.17) is 4.74 Å². The Hall–Kier alpha value is -1.17. The van der Waals surface area contributed by atoms with Crippen LogP contribution in [0.3, 0.4) is 0 Å². The molecule has 0 heterocycles. The van der Waals surface area contributed by atoms with Crippen molar-refractivity contribution >= 4 is 21.6 Å². The van der Waals surface area contributed by atoms with E-state index in [1.165, 1.54) is 0 Å². The molecular weight excluding hydrogens is 257 g/mol. The summed E-state index contributed by atoms with van der Waals surface area (Å²) in [6.07, 6.45) is 0. The maximum Gasteiger partial charge on any atom is 0.290 e. The van der Waals surface area contributed by atoms with Crippen LogP contribution in [-0.2, 0) is 0 Å². The first-order chi connectivity index (χ1) is 6.56. The molecule has 0 aliphatic carbocycles. The Morgan fingerprint density at radius 2 is 2.29 bits per heavy atom. The van der Waals surface area contributed by atoms with Crippen molar-refractivity contribution in [2.24, 2.45) is 0 Å². The van der Waals surface area contributed by atoms with E-state index in [2.05, 4.69) is 15.9 Å². The third-order valence-electron chi connectivity index (χ3n) is 1.48. The molecule has 0 radical (unpaired) electrons. The predicted octanol–water partition coefficient (Wildman–Crippen LogP) is 2.90. The number of nitro groups is 1. The molecule has 6 heteroatoms. The van der Waals surface area contributed by atoms with Crippen molar-refractivity contribution in [3.63, 3.8) is 0 Å². The Kier molecular flexibility index (Phi) is 3.40. The smallest absolute Gasteiger partial charge is 0.290 e. The van der Waals surface area contributed by atoms with Crippen LogP contribution in [-0.4, -0.2) is 11.5 Å². The van der Waals surface area contributed by atoms with E-state index in [9.17, 15) is 14.5 Å². The Balaban J connectivity index is 3.24. The first kappa shape index (κ1) is 10.9. The molecular formula is C8H7BrFNO3. The van der Waals surface area contributed by atoms with Crippen LogP contribution in [0, 0.1) is 15.9 Å². The highest BCUT2D eigenvalue weighted by molar-refractivity contribution is 9.10.